The van der Waals surface area contributed by atoms with Gasteiger partial charge in [0.2, 0.25) is 0 Å². The molecule has 2 aliphatic rings. The number of aliphatic imine (C=N–C) groups is 2. The number of nitrogen functional groups attached to an aromatic ring is 1. The number of fused-ring (bicyclic) bond motifs is 3. The monoisotopic (exact) mass is 1320 g/mol. The number of nitrogens with one attached hydrogen (secondary N) is 9. The highest BCUT2D eigenvalue weighted by Crippen LogP contribution is 2.41. The number of anilines is 11. The van der Waals surface area contributed by atoms with Crippen LogP contribution in [0, 0.1) is 0 Å². The number of hydrogen-bond acceptors (Lipinski definition) is 18. The Morgan fingerprint density at radius 2 is 0.872 bits per heavy atom. The van der Waals surface area contributed by atoms with E-state index in [4.69, 9.17) is 17.3 Å². The van der Waals surface area contributed by atoms with Crippen LogP contribution in [0.3, 0.4) is 0 Å². The molecule has 0 atom stereocenters. The molecule has 12 rings (SSSR count). The number of nitrogens with zero attached hydrogens (tertiary/aromatic N) is 9. The second-order valence-corrected chi connectivity index (χ2v) is 20.2. The number of aromatic amines is 1. The smallest absolute Gasteiger partial charge is 0.399 e. The highest BCUT2D eigenvalue weighted by molar-refractivity contribution is 6.29. The summed E-state index contributed by atoms with van der Waals surface area (Å²) in [6, 6.07) is 29.2. The number of halogens is 10. The lowest BCUT2D eigenvalue weighted by Crippen LogP contribution is -2.21. The molecule has 0 aliphatic carbocycles. The molecular formula is C62H51ClF9N19O3. The first-order valence-electron chi connectivity index (χ1n) is 27.6. The average Bonchev–Trinajstić information content (AvgIpc) is 1.16. The van der Waals surface area contributed by atoms with E-state index in [1.165, 1.54) is 88.3 Å². The van der Waals surface area contributed by atoms with Crippen molar-refractivity contribution >= 4 is 115 Å². The number of alkyl halides is 9. The molecule has 0 bridgehead atoms. The summed E-state index contributed by atoms with van der Waals surface area (Å²) in [6.07, 6.45) is -2.41. The molecule has 11 N–H and O–H groups in total. The predicted octanol–water partition coefficient (Wildman–Crippen LogP) is 12.9. The molecular weight excluding hydrogens is 1270 g/mol. The maximum atomic E-state index is 13.6. The van der Waals surface area contributed by atoms with Crippen LogP contribution in [0.15, 0.2) is 163 Å². The maximum Gasteiger partial charge on any atom is 0.419 e. The molecule has 0 radical (unpaired) electrons. The molecule has 0 spiro atoms. The normalized spacial score (nSPS) is 11.9. The van der Waals surface area contributed by atoms with Crippen LogP contribution < -0.4 is 48.3 Å². The summed E-state index contributed by atoms with van der Waals surface area (Å²) >= 11 is 5.65. The minimum Gasteiger partial charge on any atom is -0.399 e. The van der Waals surface area contributed by atoms with Gasteiger partial charge in [-0.3, -0.25) is 29.5 Å². The van der Waals surface area contributed by atoms with Crippen LogP contribution in [-0.4, -0.2) is 91.4 Å². The maximum absolute atomic E-state index is 13.6. The van der Waals surface area contributed by atoms with Gasteiger partial charge in [-0.15, -0.1) is 0 Å². The van der Waals surface area contributed by atoms with Crippen molar-refractivity contribution in [1.29, 1.82) is 0 Å². The third-order valence-corrected chi connectivity index (χ3v) is 13.6. The Bertz CT molecular complexity index is 4300. The fraction of sp³-hybridized carbons (Fsp3) is 0.129. The summed E-state index contributed by atoms with van der Waals surface area (Å²) in [6.45, 7) is 1.22. The van der Waals surface area contributed by atoms with Crippen LogP contribution in [-0.2, 0) is 31.6 Å². The highest BCUT2D eigenvalue weighted by atomic mass is 35.5. The Balaban J connectivity index is 0.000000156. The lowest BCUT2D eigenvalue weighted by molar-refractivity contribution is -0.138. The lowest BCUT2D eigenvalue weighted by Gasteiger charge is -2.17. The van der Waals surface area contributed by atoms with E-state index in [2.05, 4.69) is 92.6 Å². The van der Waals surface area contributed by atoms with Crippen LogP contribution >= 0.6 is 11.6 Å². The fourth-order valence-electron chi connectivity index (χ4n) is 8.93. The molecule has 0 saturated carbocycles. The first-order chi connectivity index (χ1) is 44.9. The number of benzene rings is 3. The van der Waals surface area contributed by atoms with E-state index in [9.17, 15) is 53.9 Å². The summed E-state index contributed by atoms with van der Waals surface area (Å²) in [4.78, 5) is 67.2. The van der Waals surface area contributed by atoms with Gasteiger partial charge in [0.1, 0.15) is 16.8 Å². The first kappa shape index (κ1) is 66.7. The number of H-pyrrole nitrogens is 1. The van der Waals surface area contributed by atoms with Crippen molar-refractivity contribution < 1.29 is 53.9 Å². The lowest BCUT2D eigenvalue weighted by atomic mass is 10.1. The van der Waals surface area contributed by atoms with E-state index < -0.39 is 52.9 Å². The van der Waals surface area contributed by atoms with Gasteiger partial charge in [-0.25, -0.2) is 29.9 Å². The zero-order valence-electron chi connectivity index (χ0n) is 49.1. The zero-order chi connectivity index (χ0) is 67.3. The average molecular weight is 1320 g/mol. The number of aromatic nitrogens is 8. The third-order valence-electron chi connectivity index (χ3n) is 13.4. The summed E-state index contributed by atoms with van der Waals surface area (Å²) in [5.74, 6) is -1.17. The van der Waals surface area contributed by atoms with Crippen molar-refractivity contribution in [2.75, 3.05) is 53.5 Å². The summed E-state index contributed by atoms with van der Waals surface area (Å²) in [5.41, 5.74) is 9.25. The van der Waals surface area contributed by atoms with Crippen molar-refractivity contribution in [2.45, 2.75) is 31.6 Å². The van der Waals surface area contributed by atoms with Crippen LogP contribution in [0.5, 0.6) is 0 Å². The van der Waals surface area contributed by atoms with Crippen molar-refractivity contribution in [3.8, 4) is 0 Å². The first-order valence-corrected chi connectivity index (χ1v) is 27.9. The Hall–Kier alpha value is -11.8. The SMILES string of the molecule is CNC(=O)c1ncccc1Nc1cc(Cl)ncc1C(F)(F)F.CNC(=O)c1ncccc1Nc1cc(Nc2ccc3c(c2)C=NC3)ncc1C(F)(F)F.CNC(=O)c1ncccc1Nc1cc(Nc2ccc3c(c2)C=NC3)ncc1C(F)(F)F.Nc1ccc2[nH]ncc2c1. The molecule has 3 amide bonds. The third kappa shape index (κ3) is 16.8. The standard InChI is InChI=1S/2C21H17F3N6O.C13H10ClF3N4O.C7H7N3/c2*1-25-20(31)19-16(3-2-6-27-19)30-17-8-18(28-11-15(17)21(22,23)24)29-14-5-4-12-9-26-10-13(12)7-14;1-18-12(22)11-8(3-2-4-19-11)21-9-5-10(14)20-6-7(9)13(15,16)17;8-6-1-2-7-5(3-6)4-9-10-7/h2*2-8,10-11H,9H2,1H3,(H,25,31)(H2,28,29,30);2-6H,1H3,(H,18,22)(H,20,21);1-4H,8H2,(H,9,10). The minimum atomic E-state index is -4.65. The van der Waals surface area contributed by atoms with Crippen LogP contribution in [0.1, 0.15) is 70.4 Å². The molecule has 10 aromatic rings. The number of carbonyl (C=O) groups excluding carboxylic acids is 3. The van der Waals surface area contributed by atoms with E-state index >= 15 is 0 Å². The van der Waals surface area contributed by atoms with Crippen molar-refractivity contribution in [2.24, 2.45) is 9.98 Å². The number of carbonyl (C=O) groups is 3. The zero-order valence-corrected chi connectivity index (χ0v) is 49.9. The largest absolute Gasteiger partial charge is 0.419 e. The number of nitrogens with two attached hydrogens (primary N) is 1. The van der Waals surface area contributed by atoms with E-state index in [0.717, 1.165) is 57.3 Å². The van der Waals surface area contributed by atoms with Crippen molar-refractivity contribution in [3.63, 3.8) is 0 Å². The molecule has 3 aromatic carbocycles. The van der Waals surface area contributed by atoms with Gasteiger partial charge in [0, 0.05) is 105 Å². The van der Waals surface area contributed by atoms with Gasteiger partial charge in [0.05, 0.1) is 75.6 Å². The minimum absolute atomic E-state index is 0.0256. The molecule has 0 unspecified atom stereocenters. The highest BCUT2D eigenvalue weighted by Gasteiger charge is 2.37. The molecule has 0 saturated heterocycles. The van der Waals surface area contributed by atoms with Crippen LogP contribution in [0.25, 0.3) is 10.9 Å². The number of rotatable bonds is 13. The van der Waals surface area contributed by atoms with Gasteiger partial charge in [-0.05, 0) is 107 Å². The molecule has 7 aromatic heterocycles. The molecule has 22 nitrogen and oxygen atoms in total. The molecule has 482 valence electrons. The summed E-state index contributed by atoms with van der Waals surface area (Å²) < 4.78 is 120. The van der Waals surface area contributed by atoms with E-state index in [1.54, 1.807) is 18.6 Å². The molecule has 2 aliphatic heterocycles. The Morgan fingerprint density at radius 1 is 0.468 bits per heavy atom. The predicted molar refractivity (Wildman–Crippen MR) is 338 cm³/mol. The number of amides is 3. The van der Waals surface area contributed by atoms with Crippen molar-refractivity contribution in [3.05, 3.63) is 214 Å². The van der Waals surface area contributed by atoms with Gasteiger partial charge in [0.25, 0.3) is 17.7 Å². The van der Waals surface area contributed by atoms with Crippen LogP contribution in [0.2, 0.25) is 5.15 Å². The van der Waals surface area contributed by atoms with Gasteiger partial charge in [-0.2, -0.15) is 44.6 Å². The molecule has 0 fully saturated rings. The quantitative estimate of drug-likeness (QED) is 0.0291. The van der Waals surface area contributed by atoms with Gasteiger partial charge in [-0.1, -0.05) is 23.7 Å². The number of pyridine rings is 6. The second kappa shape index (κ2) is 29.0. The second-order valence-electron chi connectivity index (χ2n) is 19.8. The Morgan fingerprint density at radius 3 is 1.28 bits per heavy atom. The molecule has 32 heteroatoms. The Labute approximate surface area is 532 Å². The molecule has 94 heavy (non-hydrogen) atoms. The molecule has 9 heterocycles. The van der Waals surface area contributed by atoms with E-state index in [0.29, 0.717) is 30.7 Å². The summed E-state index contributed by atoms with van der Waals surface area (Å²) in [7, 11) is 4.22. The van der Waals surface area contributed by atoms with Crippen molar-refractivity contribution in [1.82, 2.24) is 56.1 Å². The van der Waals surface area contributed by atoms with Gasteiger partial charge in [0.15, 0.2) is 17.1 Å². The van der Waals surface area contributed by atoms with E-state index in [1.807, 2.05) is 54.6 Å². The van der Waals surface area contributed by atoms with Gasteiger partial charge < -0.3 is 48.3 Å². The van der Waals surface area contributed by atoms with Gasteiger partial charge >= 0.3 is 18.5 Å². The van der Waals surface area contributed by atoms with E-state index in [-0.39, 0.29) is 68.0 Å². The fourth-order valence-corrected chi connectivity index (χ4v) is 9.09. The topological polar surface area (TPSA) is 304 Å². The number of hydrogen-bond donors (Lipinski definition) is 10. The Kier molecular flexibility index (Phi) is 20.6. The summed E-state index contributed by atoms with van der Waals surface area (Å²) in [5, 5.41) is 28.8. The van der Waals surface area contributed by atoms with Crippen LogP contribution in [0.4, 0.5) is 102 Å².